The Balaban J connectivity index is 0.000000349. The van der Waals surface area contributed by atoms with Crippen molar-refractivity contribution in [3.05, 3.63) is 0 Å². The van der Waals surface area contributed by atoms with Crippen LogP contribution in [0.25, 0.3) is 0 Å². The molecule has 0 atom stereocenters. The molecule has 0 aromatic rings. The molecule has 3 heterocycles. The molecule has 3 aliphatic rings. The van der Waals surface area contributed by atoms with E-state index in [1.54, 1.807) is 0 Å². The number of hydrogen-bond donors (Lipinski definition) is 0. The van der Waals surface area contributed by atoms with E-state index in [1.807, 2.05) is 0 Å². The van der Waals surface area contributed by atoms with Crippen molar-refractivity contribution in [2.24, 2.45) is 0 Å². The van der Waals surface area contributed by atoms with Crippen LogP contribution < -0.4 is 0 Å². The van der Waals surface area contributed by atoms with E-state index in [0.29, 0.717) is 25.7 Å². The van der Waals surface area contributed by atoms with E-state index < -0.39 is 17.7 Å². The molecule has 116 valence electrons. The van der Waals surface area contributed by atoms with Gasteiger partial charge in [-0.15, -0.1) is 0 Å². The molecule has 0 aromatic carbocycles. The quantitative estimate of drug-likeness (QED) is 0.443. The second-order valence-corrected chi connectivity index (χ2v) is 4.29. The first-order valence-corrected chi connectivity index (χ1v) is 6.07. The van der Waals surface area contributed by atoms with Gasteiger partial charge in [-0.2, -0.15) is 9.59 Å². The van der Waals surface area contributed by atoms with Gasteiger partial charge in [-0.25, -0.2) is 0 Å². The lowest BCUT2D eigenvalue weighted by molar-refractivity contribution is -0.198. The summed E-state index contributed by atoms with van der Waals surface area (Å²) >= 11 is 0. The topological polar surface area (TPSA) is 130 Å². The lowest BCUT2D eigenvalue weighted by atomic mass is 10.1. The zero-order chi connectivity index (χ0) is 15.9. The summed E-state index contributed by atoms with van der Waals surface area (Å²) in [5.41, 5.74) is 0. The highest BCUT2D eigenvalue weighted by atomic mass is 16.7. The molecule has 0 amide bonds. The Morgan fingerprint density at radius 2 is 1.14 bits per heavy atom. The zero-order valence-electron chi connectivity index (χ0n) is 10.9. The molecule has 0 aliphatic carbocycles. The number of ether oxygens (including phenoxy) is 3. The minimum Gasteiger partial charge on any atom is -0.422 e. The Bertz CT molecular complexity index is 455. The Morgan fingerprint density at radius 3 is 1.33 bits per heavy atom. The van der Waals surface area contributed by atoms with E-state index >= 15 is 0 Å². The molecule has 21 heavy (non-hydrogen) atoms. The normalized spacial score (nSPS) is 21.3. The Kier molecular flexibility index (Phi) is 5.74. The van der Waals surface area contributed by atoms with Crippen LogP contribution in [0.4, 0.5) is 0 Å². The molecule has 3 aliphatic heterocycles. The summed E-state index contributed by atoms with van der Waals surface area (Å²) in [4.78, 5) is 57.7. The molecule has 9 nitrogen and oxygen atoms in total. The summed E-state index contributed by atoms with van der Waals surface area (Å²) < 4.78 is 13.9. The number of carbonyl (C=O) groups excluding carboxylic acids is 6. The maximum Gasteiger partial charge on any atom is 0.373 e. The van der Waals surface area contributed by atoms with Gasteiger partial charge < -0.3 is 14.2 Å². The van der Waals surface area contributed by atoms with Crippen LogP contribution in [-0.4, -0.2) is 35.8 Å². The highest BCUT2D eigenvalue weighted by molar-refractivity contribution is 5.92. The van der Waals surface area contributed by atoms with Gasteiger partial charge in [-0.05, 0) is 0 Å². The van der Waals surface area contributed by atoms with Gasteiger partial charge in [-0.3, -0.25) is 19.2 Å². The van der Waals surface area contributed by atoms with Crippen molar-refractivity contribution in [1.29, 1.82) is 0 Å². The molecule has 1 spiro atoms. The molecular formula is C12H14O9. The fraction of sp³-hybridized carbons (Fsp3) is 0.583. The minimum absolute atomic E-state index is 0. The predicted molar refractivity (Wildman–Crippen MR) is 60.8 cm³/mol. The van der Waals surface area contributed by atoms with Gasteiger partial charge in [0.2, 0.25) is 0 Å². The summed E-state index contributed by atoms with van der Waals surface area (Å²) in [5, 5.41) is 0. The smallest absolute Gasteiger partial charge is 0.373 e. The summed E-state index contributed by atoms with van der Waals surface area (Å²) in [7, 11) is 0. The van der Waals surface area contributed by atoms with Crippen molar-refractivity contribution in [2.75, 3.05) is 0 Å². The van der Waals surface area contributed by atoms with Crippen LogP contribution in [0.1, 0.15) is 40.0 Å². The van der Waals surface area contributed by atoms with E-state index in [2.05, 4.69) is 4.74 Å². The van der Waals surface area contributed by atoms with Gasteiger partial charge in [0, 0.05) is 14.3 Å². The Morgan fingerprint density at radius 1 is 0.762 bits per heavy atom. The molecular weight excluding hydrogens is 288 g/mol. The van der Waals surface area contributed by atoms with E-state index in [-0.39, 0.29) is 32.4 Å². The van der Waals surface area contributed by atoms with Crippen molar-refractivity contribution < 1.29 is 44.4 Å². The number of cyclic esters (lactones) is 2. The largest absolute Gasteiger partial charge is 0.422 e. The molecule has 9 heteroatoms. The second-order valence-electron chi connectivity index (χ2n) is 4.29. The Hall–Kier alpha value is -2.54. The summed E-state index contributed by atoms with van der Waals surface area (Å²) in [6.45, 7) is 0. The number of carbonyl (C=O) groups is 4. The first kappa shape index (κ1) is 16.5. The SMILES string of the molecule is O=C1CCC(=O)O1.O=C1CCC2(CCC(=O)O2)O1.O=C=O.[2HH]. The fourth-order valence-corrected chi connectivity index (χ4v) is 1.89. The zero-order valence-corrected chi connectivity index (χ0v) is 10.9. The van der Waals surface area contributed by atoms with Crippen molar-refractivity contribution in [3.8, 4) is 0 Å². The third kappa shape index (κ3) is 5.15. The van der Waals surface area contributed by atoms with Gasteiger partial charge in [0.05, 0.1) is 25.7 Å². The monoisotopic (exact) mass is 303 g/mol. The molecule has 3 rings (SSSR count). The van der Waals surface area contributed by atoms with Crippen molar-refractivity contribution in [3.63, 3.8) is 0 Å². The maximum absolute atomic E-state index is 10.7. The summed E-state index contributed by atoms with van der Waals surface area (Å²) in [6, 6.07) is 0. The van der Waals surface area contributed by atoms with Crippen molar-refractivity contribution >= 4 is 30.0 Å². The molecule has 0 unspecified atom stereocenters. The predicted octanol–water partition coefficient (Wildman–Crippen LogP) is -0.131. The molecule has 0 N–H and O–H groups in total. The van der Waals surface area contributed by atoms with Gasteiger partial charge in [-0.1, -0.05) is 0 Å². The fourth-order valence-electron chi connectivity index (χ4n) is 1.89. The first-order valence-electron chi connectivity index (χ1n) is 6.07. The molecule has 0 radical (unpaired) electrons. The number of hydrogen-bond acceptors (Lipinski definition) is 9. The van der Waals surface area contributed by atoms with Crippen LogP contribution in [0.3, 0.4) is 0 Å². The van der Waals surface area contributed by atoms with E-state index in [9.17, 15) is 19.2 Å². The van der Waals surface area contributed by atoms with Crippen molar-refractivity contribution in [1.82, 2.24) is 0 Å². The first-order chi connectivity index (χ1) is 9.90. The highest BCUT2D eigenvalue weighted by Crippen LogP contribution is 2.37. The number of rotatable bonds is 0. The maximum atomic E-state index is 10.7. The highest BCUT2D eigenvalue weighted by Gasteiger charge is 2.48. The van der Waals surface area contributed by atoms with E-state index in [1.165, 1.54) is 0 Å². The summed E-state index contributed by atoms with van der Waals surface area (Å²) in [5.74, 6) is -2.19. The second kappa shape index (κ2) is 7.30. The van der Waals surface area contributed by atoms with E-state index in [4.69, 9.17) is 19.1 Å². The third-order valence-corrected chi connectivity index (χ3v) is 2.78. The average molecular weight is 303 g/mol. The van der Waals surface area contributed by atoms with Gasteiger partial charge in [0.15, 0.2) is 0 Å². The van der Waals surface area contributed by atoms with Crippen LogP contribution >= 0.6 is 0 Å². The standard InChI is InChI=1S/C7H8O4.C4H4O3.CO2.H2/c8-5-1-3-7(10-5)4-2-6(9)11-7;5-3-1-2-4(6)7-3;2-1-3;/h1-4H2;1-2H2;;1H/i;;;1+1. The van der Waals surface area contributed by atoms with Crippen LogP contribution in [0.2, 0.25) is 0 Å². The van der Waals surface area contributed by atoms with Gasteiger partial charge in [0.1, 0.15) is 0 Å². The molecule has 0 aromatic heterocycles. The minimum atomic E-state index is -0.867. The lowest BCUT2D eigenvalue weighted by Gasteiger charge is -2.18. The summed E-state index contributed by atoms with van der Waals surface area (Å²) in [6.07, 6.45) is 2.56. The van der Waals surface area contributed by atoms with Crippen LogP contribution in [-0.2, 0) is 43.0 Å². The number of esters is 4. The van der Waals surface area contributed by atoms with Gasteiger partial charge in [0.25, 0.3) is 5.79 Å². The molecule has 3 fully saturated rings. The lowest BCUT2D eigenvalue weighted by Crippen LogP contribution is -2.27. The van der Waals surface area contributed by atoms with Crippen LogP contribution in [0.5, 0.6) is 0 Å². The van der Waals surface area contributed by atoms with Gasteiger partial charge >= 0.3 is 30.0 Å². The molecule has 0 bridgehead atoms. The van der Waals surface area contributed by atoms with E-state index in [0.717, 1.165) is 0 Å². The Labute approximate surface area is 120 Å². The van der Waals surface area contributed by atoms with Crippen LogP contribution in [0, 0.1) is 0 Å². The average Bonchev–Trinajstić information content (AvgIpc) is 3.06. The third-order valence-electron chi connectivity index (χ3n) is 2.78. The molecule has 0 saturated carbocycles. The molecule has 3 saturated heterocycles. The van der Waals surface area contributed by atoms with Crippen LogP contribution in [0.15, 0.2) is 0 Å². The van der Waals surface area contributed by atoms with Crippen molar-refractivity contribution in [2.45, 2.75) is 44.3 Å².